The lowest BCUT2D eigenvalue weighted by Crippen LogP contribution is -2.30. The van der Waals surface area contributed by atoms with Gasteiger partial charge in [0.15, 0.2) is 11.6 Å². The zero-order valence-electron chi connectivity index (χ0n) is 11.8. The largest absolute Gasteiger partial charge is 0.393 e. The maximum atomic E-state index is 11.9. The fourth-order valence-electron chi connectivity index (χ4n) is 1.57. The van der Waals surface area contributed by atoms with Crippen LogP contribution in [0.3, 0.4) is 0 Å². The van der Waals surface area contributed by atoms with E-state index in [1.54, 1.807) is 29.3 Å². The van der Waals surface area contributed by atoms with Gasteiger partial charge in [0.2, 0.25) is 0 Å². The van der Waals surface area contributed by atoms with E-state index in [0.717, 1.165) is 0 Å². The Balaban J connectivity index is 2.05. The van der Waals surface area contributed by atoms with Crippen molar-refractivity contribution >= 4 is 23.2 Å². The molecule has 1 aromatic heterocycles. The van der Waals surface area contributed by atoms with Gasteiger partial charge in [-0.3, -0.25) is 15.6 Å². The number of nitrogens with one attached hydrogen (secondary N) is 3. The zero-order chi connectivity index (χ0) is 15.2. The van der Waals surface area contributed by atoms with Crippen LogP contribution < -0.4 is 22.0 Å². The highest BCUT2D eigenvalue weighted by molar-refractivity contribution is 5.95. The van der Waals surface area contributed by atoms with Gasteiger partial charge in [-0.15, -0.1) is 0 Å². The van der Waals surface area contributed by atoms with Gasteiger partial charge >= 0.3 is 0 Å². The smallest absolute Gasteiger partial charge is 0.269 e. The van der Waals surface area contributed by atoms with Crippen LogP contribution in [0.4, 0.5) is 17.3 Å². The highest BCUT2D eigenvalue weighted by Gasteiger charge is 2.10. The molecule has 1 aromatic carbocycles. The van der Waals surface area contributed by atoms with Crippen LogP contribution in [0.1, 0.15) is 10.4 Å². The van der Waals surface area contributed by atoms with Gasteiger partial charge in [-0.05, 0) is 12.1 Å². The summed E-state index contributed by atoms with van der Waals surface area (Å²) in [6, 6.07) is 8.82. The average molecular weight is 287 g/mol. The molecule has 2 rings (SSSR count). The molecule has 5 N–H and O–H groups in total. The molecule has 8 heteroatoms. The molecule has 0 bridgehead atoms. The first-order valence-electron chi connectivity index (χ1n) is 6.24. The van der Waals surface area contributed by atoms with Gasteiger partial charge in [0.1, 0.15) is 12.0 Å². The third-order valence-electron chi connectivity index (χ3n) is 2.54. The molecule has 0 unspecified atom stereocenters. The lowest BCUT2D eigenvalue weighted by molar-refractivity contribution is 0.0962. The van der Waals surface area contributed by atoms with Crippen molar-refractivity contribution in [3.63, 3.8) is 0 Å². The van der Waals surface area contributed by atoms with E-state index in [0.29, 0.717) is 22.9 Å². The Morgan fingerprint density at radius 2 is 1.81 bits per heavy atom. The van der Waals surface area contributed by atoms with E-state index in [1.807, 2.05) is 20.2 Å². The molecule has 0 aliphatic heterocycles. The Bertz CT molecular complexity index is 615. The van der Waals surface area contributed by atoms with Gasteiger partial charge in [0.05, 0.1) is 0 Å². The normalized spacial score (nSPS) is 10.2. The van der Waals surface area contributed by atoms with Crippen LogP contribution in [-0.2, 0) is 0 Å². The molecule has 21 heavy (non-hydrogen) atoms. The third kappa shape index (κ3) is 3.80. The minimum atomic E-state index is -0.282. The van der Waals surface area contributed by atoms with Gasteiger partial charge in [0.25, 0.3) is 5.91 Å². The minimum absolute atomic E-state index is 0.282. The van der Waals surface area contributed by atoms with Crippen molar-refractivity contribution in [2.45, 2.75) is 0 Å². The second kappa shape index (κ2) is 6.53. The van der Waals surface area contributed by atoms with Gasteiger partial charge in [-0.1, -0.05) is 18.2 Å². The van der Waals surface area contributed by atoms with Crippen molar-refractivity contribution in [1.29, 1.82) is 0 Å². The number of anilines is 3. The van der Waals surface area contributed by atoms with Crippen molar-refractivity contribution in [3.05, 3.63) is 42.2 Å². The first-order chi connectivity index (χ1) is 10.1. The first-order valence-corrected chi connectivity index (χ1v) is 6.24. The molecule has 110 valence electrons. The van der Waals surface area contributed by atoms with E-state index in [1.165, 1.54) is 6.33 Å². The molecular weight excluding hydrogens is 270 g/mol. The summed E-state index contributed by atoms with van der Waals surface area (Å²) in [7, 11) is 3.62. The molecule has 1 amide bonds. The Kier molecular flexibility index (Phi) is 4.52. The zero-order valence-corrected chi connectivity index (χ0v) is 11.8. The van der Waals surface area contributed by atoms with Crippen LogP contribution in [0.5, 0.6) is 0 Å². The quantitative estimate of drug-likeness (QED) is 0.599. The van der Waals surface area contributed by atoms with Crippen molar-refractivity contribution in [2.24, 2.45) is 0 Å². The molecule has 0 fully saturated rings. The molecule has 1 heterocycles. The van der Waals surface area contributed by atoms with Crippen LogP contribution in [0.25, 0.3) is 0 Å². The van der Waals surface area contributed by atoms with Gasteiger partial charge in [0, 0.05) is 19.7 Å². The number of rotatable bonds is 5. The SMILES string of the molecule is CN(C)Nc1ncnc(NNC(=O)c2ccccc2)c1N. The maximum Gasteiger partial charge on any atom is 0.269 e. The third-order valence-corrected chi connectivity index (χ3v) is 2.54. The number of hydrogen-bond donors (Lipinski definition) is 4. The van der Waals surface area contributed by atoms with Crippen LogP contribution in [-0.4, -0.2) is 35.0 Å². The monoisotopic (exact) mass is 287 g/mol. The fraction of sp³-hybridized carbons (Fsp3) is 0.154. The van der Waals surface area contributed by atoms with E-state index >= 15 is 0 Å². The molecule has 0 saturated carbocycles. The van der Waals surface area contributed by atoms with Crippen molar-refractivity contribution in [3.8, 4) is 0 Å². The Labute approximate surface area is 122 Å². The van der Waals surface area contributed by atoms with E-state index in [9.17, 15) is 4.79 Å². The summed E-state index contributed by atoms with van der Waals surface area (Å²) in [5.41, 5.74) is 14.9. The number of nitrogens with two attached hydrogens (primary N) is 1. The second-order valence-electron chi connectivity index (χ2n) is 4.44. The summed E-state index contributed by atoms with van der Waals surface area (Å²) in [4.78, 5) is 19.9. The predicted octanol–water partition coefficient (Wildman–Crippen LogP) is 0.704. The fourth-order valence-corrected chi connectivity index (χ4v) is 1.57. The highest BCUT2D eigenvalue weighted by atomic mass is 16.2. The summed E-state index contributed by atoms with van der Waals surface area (Å²) >= 11 is 0. The molecule has 0 radical (unpaired) electrons. The summed E-state index contributed by atoms with van der Waals surface area (Å²) in [6.07, 6.45) is 1.35. The van der Waals surface area contributed by atoms with Crippen LogP contribution in [0.15, 0.2) is 36.7 Å². The van der Waals surface area contributed by atoms with Gasteiger partial charge in [-0.25, -0.2) is 15.0 Å². The number of carbonyl (C=O) groups excluding carboxylic acids is 1. The van der Waals surface area contributed by atoms with Gasteiger partial charge < -0.3 is 11.2 Å². The molecule has 0 aliphatic carbocycles. The standard InChI is InChI=1S/C13H17N7O/c1-20(2)19-12-10(14)11(15-8-16-12)17-18-13(21)9-6-4-3-5-7-9/h3-8H,14H2,1-2H3,(H,18,21)(H2,15,16,17,19). The number of hydrogen-bond acceptors (Lipinski definition) is 7. The van der Waals surface area contributed by atoms with E-state index in [2.05, 4.69) is 26.2 Å². The number of nitrogen functional groups attached to an aromatic ring is 1. The van der Waals surface area contributed by atoms with Crippen molar-refractivity contribution in [2.75, 3.05) is 30.7 Å². The van der Waals surface area contributed by atoms with Crippen LogP contribution in [0, 0.1) is 0 Å². The number of hydrazine groups is 2. The summed E-state index contributed by atoms with van der Waals surface area (Å²) in [5.74, 6) is 0.487. The van der Waals surface area contributed by atoms with Crippen molar-refractivity contribution < 1.29 is 4.79 Å². The predicted molar refractivity (Wildman–Crippen MR) is 81.3 cm³/mol. The second-order valence-corrected chi connectivity index (χ2v) is 4.44. The number of amides is 1. The molecule has 0 spiro atoms. The van der Waals surface area contributed by atoms with E-state index < -0.39 is 0 Å². The number of carbonyl (C=O) groups is 1. The Morgan fingerprint density at radius 3 is 2.48 bits per heavy atom. The highest BCUT2D eigenvalue weighted by Crippen LogP contribution is 2.21. The van der Waals surface area contributed by atoms with Crippen LogP contribution >= 0.6 is 0 Å². The van der Waals surface area contributed by atoms with E-state index in [4.69, 9.17) is 5.73 Å². The minimum Gasteiger partial charge on any atom is -0.393 e. The summed E-state index contributed by atoms with van der Waals surface area (Å²) in [5, 5.41) is 1.70. The molecule has 2 aromatic rings. The molecule has 8 nitrogen and oxygen atoms in total. The Hall–Kier alpha value is -2.87. The van der Waals surface area contributed by atoms with Gasteiger partial charge in [-0.2, -0.15) is 0 Å². The molecule has 0 aliphatic rings. The molecule has 0 atom stereocenters. The van der Waals surface area contributed by atoms with Crippen molar-refractivity contribution in [1.82, 2.24) is 20.4 Å². The maximum absolute atomic E-state index is 11.9. The first kappa shape index (κ1) is 14.5. The lowest BCUT2D eigenvalue weighted by Gasteiger charge is -2.16. The number of aromatic nitrogens is 2. The number of nitrogens with zero attached hydrogens (tertiary/aromatic N) is 3. The Morgan fingerprint density at radius 1 is 1.14 bits per heavy atom. The lowest BCUT2D eigenvalue weighted by atomic mass is 10.2. The average Bonchev–Trinajstić information content (AvgIpc) is 2.48. The van der Waals surface area contributed by atoms with Crippen LogP contribution in [0.2, 0.25) is 0 Å². The molecule has 0 saturated heterocycles. The topological polar surface area (TPSA) is 108 Å². The summed E-state index contributed by atoms with van der Waals surface area (Å²) in [6.45, 7) is 0. The van der Waals surface area contributed by atoms with E-state index in [-0.39, 0.29) is 5.91 Å². The molecular formula is C13H17N7O. The summed E-state index contributed by atoms with van der Waals surface area (Å²) < 4.78 is 0. The number of benzene rings is 1.